The molecule has 2 amide bonds. The number of aromatic nitrogens is 2. The molecule has 0 aliphatic carbocycles. The highest BCUT2D eigenvalue weighted by Gasteiger charge is 2.12. The molecule has 8 heteroatoms. The second-order valence-corrected chi connectivity index (χ2v) is 5.81. The van der Waals surface area contributed by atoms with Crippen molar-refractivity contribution in [3.05, 3.63) is 82.8 Å². The van der Waals surface area contributed by atoms with Gasteiger partial charge < -0.3 is 15.4 Å². The summed E-state index contributed by atoms with van der Waals surface area (Å²) in [5, 5.41) is 9.33. The molecule has 2 aromatic carbocycles. The molecular weight excluding hydrogens is 360 g/mol. The van der Waals surface area contributed by atoms with E-state index in [0.29, 0.717) is 17.1 Å². The molecule has 3 rings (SSSR count). The Hall–Kier alpha value is -3.94. The van der Waals surface area contributed by atoms with E-state index in [0.717, 1.165) is 4.68 Å². The predicted molar refractivity (Wildman–Crippen MR) is 105 cm³/mol. The molecular formula is C20H18N4O4. The maximum Gasteiger partial charge on any atom is 0.276 e. The molecule has 0 saturated heterocycles. The number of para-hydroxylation sites is 1. The van der Waals surface area contributed by atoms with Crippen LogP contribution in [0.5, 0.6) is 5.75 Å². The third-order valence-corrected chi connectivity index (χ3v) is 3.78. The van der Waals surface area contributed by atoms with Crippen molar-refractivity contribution in [2.75, 3.05) is 17.7 Å². The molecule has 0 radical (unpaired) electrons. The van der Waals surface area contributed by atoms with Gasteiger partial charge in [-0.1, -0.05) is 24.3 Å². The van der Waals surface area contributed by atoms with Gasteiger partial charge in [-0.25, -0.2) is 4.68 Å². The van der Waals surface area contributed by atoms with Crippen molar-refractivity contribution >= 4 is 23.2 Å². The summed E-state index contributed by atoms with van der Waals surface area (Å²) in [5.74, 6) is -0.343. The lowest BCUT2D eigenvalue weighted by Crippen LogP contribution is -2.31. The van der Waals surface area contributed by atoms with Crippen molar-refractivity contribution in [3.8, 4) is 5.75 Å². The van der Waals surface area contributed by atoms with Gasteiger partial charge in [-0.15, -0.1) is 0 Å². The summed E-state index contributed by atoms with van der Waals surface area (Å²) in [7, 11) is 1.52. The van der Waals surface area contributed by atoms with Gasteiger partial charge in [0.1, 0.15) is 18.0 Å². The Bertz CT molecular complexity index is 1050. The van der Waals surface area contributed by atoms with E-state index in [1.165, 1.54) is 19.2 Å². The molecule has 0 aliphatic heterocycles. The van der Waals surface area contributed by atoms with Crippen LogP contribution in [0.4, 0.5) is 11.4 Å². The molecule has 2 N–H and O–H groups in total. The van der Waals surface area contributed by atoms with Crippen molar-refractivity contribution in [1.29, 1.82) is 0 Å². The third kappa shape index (κ3) is 4.82. The number of carbonyl (C=O) groups excluding carboxylic acids is 2. The smallest absolute Gasteiger partial charge is 0.276 e. The van der Waals surface area contributed by atoms with Crippen LogP contribution in [0.2, 0.25) is 0 Å². The summed E-state index contributed by atoms with van der Waals surface area (Å²) in [4.78, 5) is 36.6. The fourth-order valence-electron chi connectivity index (χ4n) is 2.44. The van der Waals surface area contributed by atoms with E-state index in [9.17, 15) is 14.4 Å². The minimum atomic E-state index is -0.489. The van der Waals surface area contributed by atoms with Gasteiger partial charge in [0, 0.05) is 23.5 Å². The van der Waals surface area contributed by atoms with E-state index in [1.54, 1.807) is 48.5 Å². The van der Waals surface area contributed by atoms with Gasteiger partial charge in [-0.3, -0.25) is 14.4 Å². The molecule has 0 spiro atoms. The number of amides is 2. The van der Waals surface area contributed by atoms with Crippen LogP contribution >= 0.6 is 0 Å². The number of rotatable bonds is 6. The minimum absolute atomic E-state index is 0.0256. The minimum Gasteiger partial charge on any atom is -0.497 e. The lowest BCUT2D eigenvalue weighted by atomic mass is 10.3. The van der Waals surface area contributed by atoms with Crippen molar-refractivity contribution in [1.82, 2.24) is 9.78 Å². The fraction of sp³-hybridized carbons (Fsp3) is 0.100. The number of hydrogen-bond acceptors (Lipinski definition) is 5. The van der Waals surface area contributed by atoms with E-state index < -0.39 is 17.4 Å². The summed E-state index contributed by atoms with van der Waals surface area (Å²) < 4.78 is 6.04. The van der Waals surface area contributed by atoms with E-state index >= 15 is 0 Å². The Morgan fingerprint density at radius 1 is 0.964 bits per heavy atom. The Morgan fingerprint density at radius 3 is 2.46 bits per heavy atom. The van der Waals surface area contributed by atoms with Crippen LogP contribution in [0, 0.1) is 0 Å². The third-order valence-electron chi connectivity index (χ3n) is 3.78. The molecule has 0 bridgehead atoms. The summed E-state index contributed by atoms with van der Waals surface area (Å²) >= 11 is 0. The number of methoxy groups -OCH3 is 1. The number of carbonyl (C=O) groups is 2. The van der Waals surface area contributed by atoms with Crippen molar-refractivity contribution in [2.24, 2.45) is 0 Å². The van der Waals surface area contributed by atoms with E-state index in [1.807, 2.05) is 6.07 Å². The monoisotopic (exact) mass is 378 g/mol. The average molecular weight is 378 g/mol. The Morgan fingerprint density at radius 2 is 1.71 bits per heavy atom. The highest BCUT2D eigenvalue weighted by molar-refractivity contribution is 6.02. The first kappa shape index (κ1) is 18.8. The highest BCUT2D eigenvalue weighted by atomic mass is 16.5. The van der Waals surface area contributed by atoms with Gasteiger partial charge in [-0.2, -0.15) is 5.10 Å². The maximum absolute atomic E-state index is 12.3. The molecule has 1 aromatic heterocycles. The van der Waals surface area contributed by atoms with Crippen LogP contribution in [0.15, 0.2) is 71.5 Å². The number of anilines is 2. The number of nitrogens with zero attached hydrogens (tertiary/aromatic N) is 2. The van der Waals surface area contributed by atoms with Gasteiger partial charge >= 0.3 is 0 Å². The zero-order valence-electron chi connectivity index (χ0n) is 15.1. The van der Waals surface area contributed by atoms with Crippen LogP contribution in [-0.2, 0) is 11.3 Å². The van der Waals surface area contributed by atoms with Crippen LogP contribution in [-0.4, -0.2) is 28.7 Å². The quantitative estimate of drug-likeness (QED) is 0.684. The average Bonchev–Trinajstić information content (AvgIpc) is 2.70. The number of hydrogen-bond donors (Lipinski definition) is 2. The fourth-order valence-corrected chi connectivity index (χ4v) is 2.44. The molecule has 0 atom stereocenters. The van der Waals surface area contributed by atoms with Crippen LogP contribution < -0.4 is 20.9 Å². The van der Waals surface area contributed by atoms with Crippen molar-refractivity contribution in [3.63, 3.8) is 0 Å². The van der Waals surface area contributed by atoms with Gasteiger partial charge in [0.2, 0.25) is 5.91 Å². The summed E-state index contributed by atoms with van der Waals surface area (Å²) in [6.45, 7) is -0.331. The molecule has 0 aliphatic rings. The second kappa shape index (κ2) is 8.63. The summed E-state index contributed by atoms with van der Waals surface area (Å²) in [6.07, 6.45) is 0. The summed E-state index contributed by atoms with van der Waals surface area (Å²) in [6, 6.07) is 18.2. The molecule has 1 heterocycles. The number of benzene rings is 2. The van der Waals surface area contributed by atoms with Crippen LogP contribution in [0.25, 0.3) is 0 Å². The Labute approximate surface area is 160 Å². The van der Waals surface area contributed by atoms with E-state index in [-0.39, 0.29) is 12.2 Å². The first-order valence-electron chi connectivity index (χ1n) is 8.43. The van der Waals surface area contributed by atoms with Crippen molar-refractivity contribution < 1.29 is 14.3 Å². The van der Waals surface area contributed by atoms with E-state index in [4.69, 9.17) is 4.74 Å². The van der Waals surface area contributed by atoms with Gasteiger partial charge in [0.05, 0.1) is 7.11 Å². The van der Waals surface area contributed by atoms with Gasteiger partial charge in [0.25, 0.3) is 11.5 Å². The van der Waals surface area contributed by atoms with E-state index in [2.05, 4.69) is 15.7 Å². The zero-order chi connectivity index (χ0) is 19.9. The lowest BCUT2D eigenvalue weighted by molar-refractivity contribution is -0.117. The topological polar surface area (TPSA) is 102 Å². The Balaban J connectivity index is 1.71. The second-order valence-electron chi connectivity index (χ2n) is 5.81. The predicted octanol–water partition coefficient (Wildman–Crippen LogP) is 2.14. The lowest BCUT2D eigenvalue weighted by Gasteiger charge is -2.09. The zero-order valence-corrected chi connectivity index (χ0v) is 15.1. The van der Waals surface area contributed by atoms with Crippen LogP contribution in [0.3, 0.4) is 0 Å². The van der Waals surface area contributed by atoms with Gasteiger partial charge in [0.15, 0.2) is 0 Å². The first-order chi connectivity index (χ1) is 13.5. The summed E-state index contributed by atoms with van der Waals surface area (Å²) in [5.41, 5.74) is 0.660. The highest BCUT2D eigenvalue weighted by Crippen LogP contribution is 2.16. The molecule has 0 fully saturated rings. The van der Waals surface area contributed by atoms with Crippen molar-refractivity contribution in [2.45, 2.75) is 6.54 Å². The molecule has 0 saturated carbocycles. The largest absolute Gasteiger partial charge is 0.497 e. The van der Waals surface area contributed by atoms with Crippen LogP contribution in [0.1, 0.15) is 10.5 Å². The molecule has 3 aromatic rings. The molecule has 0 unspecified atom stereocenters. The SMILES string of the molecule is COc1cccc(NC(=O)Cn2nc(C(=O)Nc3ccccc3)ccc2=O)c1. The first-order valence-corrected chi connectivity index (χ1v) is 8.43. The molecule has 28 heavy (non-hydrogen) atoms. The standard InChI is InChI=1S/C20H18N4O4/c1-28-16-9-5-8-15(12-16)21-18(25)13-24-19(26)11-10-17(23-24)20(27)22-14-6-3-2-4-7-14/h2-12H,13H2,1H3,(H,21,25)(H,22,27). The molecule has 8 nitrogen and oxygen atoms in total. The number of ether oxygens (including phenoxy) is 1. The normalized spacial score (nSPS) is 10.2. The van der Waals surface area contributed by atoms with Gasteiger partial charge in [-0.05, 0) is 30.3 Å². The maximum atomic E-state index is 12.3. The number of nitrogens with one attached hydrogen (secondary N) is 2. The Kier molecular flexibility index (Phi) is 5.81. The molecule has 142 valence electrons.